The van der Waals surface area contributed by atoms with Crippen LogP contribution in [0.2, 0.25) is 0 Å². The number of hydrogen-bond acceptors (Lipinski definition) is 5. The third kappa shape index (κ3) is 3.92. The monoisotopic (exact) mass is 318 g/mol. The lowest BCUT2D eigenvalue weighted by Crippen LogP contribution is -2.38. The van der Waals surface area contributed by atoms with Crippen LogP contribution in [-0.2, 0) is 0 Å². The summed E-state index contributed by atoms with van der Waals surface area (Å²) in [7, 11) is 0. The van der Waals surface area contributed by atoms with Gasteiger partial charge in [0.25, 0.3) is 0 Å². The molecular formula is C16H22N4O3. The van der Waals surface area contributed by atoms with Gasteiger partial charge in [-0.05, 0) is 51.9 Å². The number of aromatic nitrogens is 1. The van der Waals surface area contributed by atoms with E-state index in [4.69, 9.17) is 8.94 Å². The fourth-order valence-corrected chi connectivity index (χ4v) is 2.87. The summed E-state index contributed by atoms with van der Waals surface area (Å²) in [5, 5.41) is 9.30. The Balaban J connectivity index is 1.60. The van der Waals surface area contributed by atoms with E-state index in [-0.39, 0.29) is 12.1 Å². The first-order valence-corrected chi connectivity index (χ1v) is 7.90. The molecule has 2 amide bonds. The molecule has 2 N–H and O–H groups in total. The van der Waals surface area contributed by atoms with Crippen molar-refractivity contribution in [1.82, 2.24) is 15.4 Å². The van der Waals surface area contributed by atoms with Crippen LogP contribution in [0.5, 0.6) is 0 Å². The van der Waals surface area contributed by atoms with E-state index in [2.05, 4.69) is 20.7 Å². The van der Waals surface area contributed by atoms with E-state index in [1.54, 1.807) is 13.0 Å². The van der Waals surface area contributed by atoms with E-state index in [0.717, 1.165) is 24.6 Å². The zero-order chi connectivity index (χ0) is 16.2. The molecule has 0 aliphatic carbocycles. The molecule has 2 aromatic heterocycles. The molecule has 1 atom stereocenters. The van der Waals surface area contributed by atoms with Crippen LogP contribution in [0.4, 0.5) is 10.6 Å². The number of likely N-dealkylation sites (tertiary alicyclic amines) is 1. The van der Waals surface area contributed by atoms with Crippen molar-refractivity contribution in [3.63, 3.8) is 0 Å². The van der Waals surface area contributed by atoms with E-state index in [1.165, 1.54) is 12.8 Å². The van der Waals surface area contributed by atoms with Crippen LogP contribution in [-0.4, -0.2) is 35.7 Å². The number of amides is 2. The molecule has 124 valence electrons. The molecule has 3 heterocycles. The Morgan fingerprint density at radius 3 is 2.70 bits per heavy atom. The molecule has 0 saturated carbocycles. The molecule has 1 fully saturated rings. The minimum Gasteiger partial charge on any atom is -0.465 e. The Morgan fingerprint density at radius 2 is 2.09 bits per heavy atom. The number of carbonyl (C=O) groups is 1. The standard InChI is InChI=1S/C16H22N4O3/c1-11-5-6-14(22-11)13(20-7-3-4-8-20)10-17-16(21)18-15-9-12(2)23-19-15/h5-6,9,13H,3-4,7-8,10H2,1-2H3,(H2,17,18,19,21)/t13-/m1/s1. The smallest absolute Gasteiger partial charge is 0.320 e. The highest BCUT2D eigenvalue weighted by Gasteiger charge is 2.26. The molecule has 1 saturated heterocycles. The summed E-state index contributed by atoms with van der Waals surface area (Å²) in [6.45, 7) is 6.23. The molecule has 0 bridgehead atoms. The van der Waals surface area contributed by atoms with Crippen LogP contribution >= 0.6 is 0 Å². The van der Waals surface area contributed by atoms with E-state index < -0.39 is 0 Å². The molecule has 0 radical (unpaired) electrons. The molecule has 0 aromatic carbocycles. The average molecular weight is 318 g/mol. The first kappa shape index (κ1) is 15.6. The third-order valence-corrected chi connectivity index (χ3v) is 4.00. The molecule has 7 heteroatoms. The van der Waals surface area contributed by atoms with Gasteiger partial charge in [-0.25, -0.2) is 4.79 Å². The number of aryl methyl sites for hydroxylation is 2. The van der Waals surface area contributed by atoms with Gasteiger partial charge in [0.05, 0.1) is 6.04 Å². The number of rotatable bonds is 5. The van der Waals surface area contributed by atoms with Crippen molar-refractivity contribution >= 4 is 11.8 Å². The first-order chi connectivity index (χ1) is 11.1. The quantitative estimate of drug-likeness (QED) is 0.885. The van der Waals surface area contributed by atoms with Gasteiger partial charge in [-0.15, -0.1) is 0 Å². The number of urea groups is 1. The molecule has 23 heavy (non-hydrogen) atoms. The molecule has 1 aliphatic heterocycles. The SMILES string of the molecule is Cc1cc(NC(=O)NC[C@H](c2ccc(C)o2)N2CCCC2)no1. The predicted octanol–water partition coefficient (Wildman–Crippen LogP) is 2.84. The second-order valence-electron chi connectivity index (χ2n) is 5.87. The van der Waals surface area contributed by atoms with Gasteiger partial charge in [-0.3, -0.25) is 10.2 Å². The fourth-order valence-electron chi connectivity index (χ4n) is 2.87. The number of hydrogen-bond donors (Lipinski definition) is 2. The maximum absolute atomic E-state index is 12.0. The molecule has 7 nitrogen and oxygen atoms in total. The summed E-state index contributed by atoms with van der Waals surface area (Å²) >= 11 is 0. The van der Waals surface area contributed by atoms with E-state index >= 15 is 0 Å². The van der Waals surface area contributed by atoms with Crippen LogP contribution in [0, 0.1) is 13.8 Å². The largest absolute Gasteiger partial charge is 0.465 e. The van der Waals surface area contributed by atoms with Crippen LogP contribution in [0.25, 0.3) is 0 Å². The Bertz CT molecular complexity index is 658. The van der Waals surface area contributed by atoms with Gasteiger partial charge in [-0.2, -0.15) is 0 Å². The van der Waals surface area contributed by atoms with Gasteiger partial charge in [-0.1, -0.05) is 5.16 Å². The third-order valence-electron chi connectivity index (χ3n) is 4.00. The van der Waals surface area contributed by atoms with Crippen LogP contribution in [0.15, 0.2) is 27.1 Å². The lowest BCUT2D eigenvalue weighted by atomic mass is 10.2. The highest BCUT2D eigenvalue weighted by atomic mass is 16.5. The highest BCUT2D eigenvalue weighted by Crippen LogP contribution is 2.26. The van der Waals surface area contributed by atoms with Crippen molar-refractivity contribution in [1.29, 1.82) is 0 Å². The fraction of sp³-hybridized carbons (Fsp3) is 0.500. The molecule has 3 rings (SSSR count). The summed E-state index contributed by atoms with van der Waals surface area (Å²) in [5.74, 6) is 2.83. The van der Waals surface area contributed by atoms with Gasteiger partial charge < -0.3 is 14.3 Å². The van der Waals surface area contributed by atoms with Crippen LogP contribution in [0.1, 0.15) is 36.2 Å². The Kier molecular flexibility index (Phi) is 4.66. The van der Waals surface area contributed by atoms with Gasteiger partial charge >= 0.3 is 6.03 Å². The van der Waals surface area contributed by atoms with Crippen molar-refractivity contribution in [3.8, 4) is 0 Å². The molecule has 1 aliphatic rings. The molecule has 0 spiro atoms. The van der Waals surface area contributed by atoms with Crippen molar-refractivity contribution in [2.75, 3.05) is 25.0 Å². The first-order valence-electron chi connectivity index (χ1n) is 7.90. The Labute approximate surface area is 135 Å². The van der Waals surface area contributed by atoms with Crippen molar-refractivity contribution in [2.45, 2.75) is 32.7 Å². The Morgan fingerprint density at radius 1 is 1.30 bits per heavy atom. The van der Waals surface area contributed by atoms with Gasteiger partial charge in [0, 0.05) is 12.6 Å². The summed E-state index contributed by atoms with van der Waals surface area (Å²) in [5.41, 5.74) is 0. The second-order valence-corrected chi connectivity index (χ2v) is 5.87. The minimum atomic E-state index is -0.300. The van der Waals surface area contributed by atoms with Gasteiger partial charge in [0.2, 0.25) is 0 Å². The maximum atomic E-state index is 12.0. The van der Waals surface area contributed by atoms with Gasteiger partial charge in [0.1, 0.15) is 17.3 Å². The average Bonchev–Trinajstić information content (AvgIpc) is 3.23. The highest BCUT2D eigenvalue weighted by molar-refractivity contribution is 5.88. The van der Waals surface area contributed by atoms with E-state index in [1.807, 2.05) is 19.1 Å². The molecular weight excluding hydrogens is 296 g/mol. The lowest BCUT2D eigenvalue weighted by Gasteiger charge is -2.26. The summed E-state index contributed by atoms with van der Waals surface area (Å²) in [4.78, 5) is 14.4. The van der Waals surface area contributed by atoms with Crippen molar-refractivity contribution in [3.05, 3.63) is 35.5 Å². The van der Waals surface area contributed by atoms with Crippen molar-refractivity contribution in [2.24, 2.45) is 0 Å². The number of anilines is 1. The number of furan rings is 1. The number of nitrogens with one attached hydrogen (secondary N) is 2. The molecule has 2 aromatic rings. The zero-order valence-corrected chi connectivity index (χ0v) is 13.5. The number of nitrogens with zero attached hydrogens (tertiary/aromatic N) is 2. The van der Waals surface area contributed by atoms with Gasteiger partial charge in [0.15, 0.2) is 5.82 Å². The summed E-state index contributed by atoms with van der Waals surface area (Å²) in [6.07, 6.45) is 2.36. The van der Waals surface area contributed by atoms with Crippen molar-refractivity contribution < 1.29 is 13.7 Å². The van der Waals surface area contributed by atoms with Crippen LogP contribution in [0.3, 0.4) is 0 Å². The lowest BCUT2D eigenvalue weighted by molar-refractivity contribution is 0.205. The minimum absolute atomic E-state index is 0.0518. The zero-order valence-electron chi connectivity index (χ0n) is 13.5. The number of carbonyl (C=O) groups excluding carboxylic acids is 1. The summed E-state index contributed by atoms with van der Waals surface area (Å²) < 4.78 is 10.7. The summed E-state index contributed by atoms with van der Waals surface area (Å²) in [6, 6.07) is 5.37. The Hall–Kier alpha value is -2.28. The normalized spacial score (nSPS) is 16.4. The second kappa shape index (κ2) is 6.87. The molecule has 0 unspecified atom stereocenters. The van der Waals surface area contributed by atoms with E-state index in [0.29, 0.717) is 18.1 Å². The predicted molar refractivity (Wildman–Crippen MR) is 85.3 cm³/mol. The van der Waals surface area contributed by atoms with E-state index in [9.17, 15) is 4.79 Å². The topological polar surface area (TPSA) is 83.5 Å². The van der Waals surface area contributed by atoms with Crippen LogP contribution < -0.4 is 10.6 Å². The maximum Gasteiger partial charge on any atom is 0.320 e.